The van der Waals surface area contributed by atoms with E-state index in [-0.39, 0.29) is 22.9 Å². The van der Waals surface area contributed by atoms with Crippen molar-refractivity contribution in [2.45, 2.75) is 18.4 Å². The lowest BCUT2D eigenvalue weighted by Crippen LogP contribution is -2.43. The van der Waals surface area contributed by atoms with Crippen molar-refractivity contribution in [3.05, 3.63) is 64.8 Å². The van der Waals surface area contributed by atoms with Crippen molar-refractivity contribution < 1.29 is 9.59 Å². The highest BCUT2D eigenvalue weighted by atomic mass is 32.2. The van der Waals surface area contributed by atoms with E-state index < -0.39 is 5.91 Å². The molecule has 0 atom stereocenters. The van der Waals surface area contributed by atoms with Gasteiger partial charge in [-0.15, -0.1) is 11.8 Å². The molecule has 138 valence electrons. The van der Waals surface area contributed by atoms with Gasteiger partial charge in [0.05, 0.1) is 11.1 Å². The van der Waals surface area contributed by atoms with Gasteiger partial charge < -0.3 is 0 Å². The Morgan fingerprint density at radius 3 is 2.48 bits per heavy atom. The molecule has 3 aromatic rings. The quantitative estimate of drug-likeness (QED) is 0.509. The van der Waals surface area contributed by atoms with E-state index in [1.54, 1.807) is 55.7 Å². The van der Waals surface area contributed by atoms with Crippen LogP contribution >= 0.6 is 11.8 Å². The van der Waals surface area contributed by atoms with Crippen LogP contribution in [0.4, 0.5) is 0 Å². The molecule has 2 heterocycles. The Labute approximate surface area is 159 Å². The van der Waals surface area contributed by atoms with Crippen LogP contribution in [0.3, 0.4) is 0 Å². The lowest BCUT2D eigenvalue weighted by atomic mass is 10.1. The molecule has 0 spiro atoms. The molecule has 0 aliphatic carbocycles. The van der Waals surface area contributed by atoms with Gasteiger partial charge in [0, 0.05) is 29.2 Å². The van der Waals surface area contributed by atoms with Crippen LogP contribution in [0.15, 0.2) is 58.5 Å². The number of amides is 2. The Kier molecular flexibility index (Phi) is 5.82. The minimum Gasteiger partial charge on any atom is -0.272 e. The second kappa shape index (κ2) is 8.45. The van der Waals surface area contributed by atoms with Crippen molar-refractivity contribution in [1.29, 1.82) is 0 Å². The molecule has 2 amide bonds. The molecule has 0 fully saturated rings. The molecule has 8 nitrogen and oxygen atoms in total. The number of fused-ring (bicyclic) bond motifs is 1. The van der Waals surface area contributed by atoms with Crippen LogP contribution in [-0.4, -0.2) is 32.3 Å². The molecular formula is C18H17N5O3S. The number of nitrogens with one attached hydrogen (secondary N) is 2. The Balaban J connectivity index is 1.70. The third-order valence-corrected chi connectivity index (χ3v) is 4.73. The molecule has 0 bridgehead atoms. The summed E-state index contributed by atoms with van der Waals surface area (Å²) in [6.45, 7) is 2.10. The first-order valence-corrected chi connectivity index (χ1v) is 9.20. The molecule has 0 unspecified atom stereocenters. The summed E-state index contributed by atoms with van der Waals surface area (Å²) < 4.78 is 1.22. The third kappa shape index (κ3) is 4.32. The number of hydrogen-bond donors (Lipinski definition) is 2. The Morgan fingerprint density at radius 1 is 1.07 bits per heavy atom. The fraction of sp³-hybridized carbons (Fsp3) is 0.167. The average Bonchev–Trinajstić information content (AvgIpc) is 2.71. The Morgan fingerprint density at radius 2 is 1.78 bits per heavy atom. The minimum absolute atomic E-state index is 0.0779. The van der Waals surface area contributed by atoms with Crippen molar-refractivity contribution in [3.63, 3.8) is 0 Å². The van der Waals surface area contributed by atoms with Crippen molar-refractivity contribution in [1.82, 2.24) is 25.6 Å². The smallest absolute Gasteiger partial charge is 0.272 e. The summed E-state index contributed by atoms with van der Waals surface area (Å²) in [4.78, 5) is 41.6. The molecule has 0 saturated heterocycles. The summed E-state index contributed by atoms with van der Waals surface area (Å²) in [5.74, 6) is -0.818. The van der Waals surface area contributed by atoms with Crippen LogP contribution in [0.5, 0.6) is 0 Å². The van der Waals surface area contributed by atoms with Gasteiger partial charge in [0.25, 0.3) is 11.5 Å². The molecule has 0 radical (unpaired) electrons. The molecule has 9 heteroatoms. The number of hydrogen-bond acceptors (Lipinski definition) is 6. The molecule has 3 rings (SSSR count). The number of thioether (sulfide) groups is 1. The van der Waals surface area contributed by atoms with E-state index in [0.717, 1.165) is 4.90 Å². The van der Waals surface area contributed by atoms with Crippen LogP contribution in [0, 0.1) is 0 Å². The lowest BCUT2D eigenvalue weighted by molar-refractivity contribution is -0.119. The number of rotatable bonds is 5. The molecule has 2 aromatic heterocycles. The first-order valence-electron chi connectivity index (χ1n) is 8.22. The maximum atomic E-state index is 12.5. The first kappa shape index (κ1) is 18.6. The van der Waals surface area contributed by atoms with Crippen molar-refractivity contribution in [3.8, 4) is 0 Å². The van der Waals surface area contributed by atoms with Gasteiger partial charge in [-0.2, -0.15) is 5.10 Å². The van der Waals surface area contributed by atoms with Gasteiger partial charge in [0.15, 0.2) is 5.69 Å². The molecule has 27 heavy (non-hydrogen) atoms. The highest BCUT2D eigenvalue weighted by Crippen LogP contribution is 2.15. The van der Waals surface area contributed by atoms with Gasteiger partial charge in [0.1, 0.15) is 0 Å². The minimum atomic E-state index is -0.587. The monoisotopic (exact) mass is 383 g/mol. The van der Waals surface area contributed by atoms with Crippen LogP contribution in [0.2, 0.25) is 0 Å². The predicted molar refractivity (Wildman–Crippen MR) is 102 cm³/mol. The van der Waals surface area contributed by atoms with E-state index in [1.165, 1.54) is 16.4 Å². The lowest BCUT2D eigenvalue weighted by Gasteiger charge is -2.11. The first-order chi connectivity index (χ1) is 13.1. The third-order valence-electron chi connectivity index (χ3n) is 3.72. The SMILES string of the molecule is CCn1nc(C(=O)NNC(=O)CSc2ccncc2)c2ccccc2c1=O. The second-order valence-corrected chi connectivity index (χ2v) is 6.54. The Hall–Kier alpha value is -3.20. The number of carbonyl (C=O) groups is 2. The van der Waals surface area contributed by atoms with E-state index >= 15 is 0 Å². The fourth-order valence-corrected chi connectivity index (χ4v) is 3.11. The van der Waals surface area contributed by atoms with Crippen LogP contribution in [-0.2, 0) is 11.3 Å². The molecule has 0 aliphatic heterocycles. The Bertz CT molecular complexity index is 1040. The number of carbonyl (C=O) groups excluding carboxylic acids is 2. The molecule has 1 aromatic carbocycles. The molecule has 0 saturated carbocycles. The number of hydrazine groups is 1. The second-order valence-electron chi connectivity index (χ2n) is 5.49. The molecule has 0 aliphatic rings. The van der Waals surface area contributed by atoms with E-state index in [4.69, 9.17) is 0 Å². The molecular weight excluding hydrogens is 366 g/mol. The number of aromatic nitrogens is 3. The maximum Gasteiger partial charge on any atom is 0.290 e. The van der Waals surface area contributed by atoms with E-state index in [9.17, 15) is 14.4 Å². The summed E-state index contributed by atoms with van der Waals surface area (Å²) >= 11 is 1.32. The summed E-state index contributed by atoms with van der Waals surface area (Å²) in [5, 5.41) is 4.96. The summed E-state index contributed by atoms with van der Waals surface area (Å²) in [5.41, 5.74) is 4.54. The van der Waals surface area contributed by atoms with Gasteiger partial charge in [-0.1, -0.05) is 18.2 Å². The fourth-order valence-electron chi connectivity index (χ4n) is 2.42. The number of benzene rings is 1. The van der Waals surface area contributed by atoms with Gasteiger partial charge in [-0.05, 0) is 25.1 Å². The summed E-state index contributed by atoms with van der Waals surface area (Å²) in [6.07, 6.45) is 3.28. The van der Waals surface area contributed by atoms with E-state index in [1.807, 2.05) is 0 Å². The standard InChI is InChI=1S/C18H17N5O3S/c1-2-23-18(26)14-6-4-3-5-13(14)16(22-23)17(25)21-20-15(24)11-27-12-7-9-19-10-8-12/h3-10H,2,11H2,1H3,(H,20,24)(H,21,25). The normalized spacial score (nSPS) is 10.6. The number of pyridine rings is 1. The van der Waals surface area contributed by atoms with Crippen LogP contribution in [0.25, 0.3) is 10.8 Å². The number of nitrogens with zero attached hydrogens (tertiary/aromatic N) is 3. The average molecular weight is 383 g/mol. The van der Waals surface area contributed by atoms with Crippen LogP contribution < -0.4 is 16.4 Å². The van der Waals surface area contributed by atoms with Gasteiger partial charge >= 0.3 is 0 Å². The highest BCUT2D eigenvalue weighted by Gasteiger charge is 2.16. The van der Waals surface area contributed by atoms with Gasteiger partial charge in [0.2, 0.25) is 5.91 Å². The topological polar surface area (TPSA) is 106 Å². The van der Waals surface area contributed by atoms with Gasteiger partial charge in [-0.25, -0.2) is 4.68 Å². The predicted octanol–water partition coefficient (Wildman–Crippen LogP) is 1.36. The van der Waals surface area contributed by atoms with Gasteiger partial charge in [-0.3, -0.25) is 30.2 Å². The van der Waals surface area contributed by atoms with E-state index in [2.05, 4.69) is 20.9 Å². The molecule has 2 N–H and O–H groups in total. The zero-order valence-corrected chi connectivity index (χ0v) is 15.3. The number of aryl methyl sites for hydroxylation is 1. The van der Waals surface area contributed by atoms with Crippen molar-refractivity contribution in [2.24, 2.45) is 0 Å². The highest BCUT2D eigenvalue weighted by molar-refractivity contribution is 8.00. The van der Waals surface area contributed by atoms with Crippen molar-refractivity contribution in [2.75, 3.05) is 5.75 Å². The largest absolute Gasteiger partial charge is 0.290 e. The summed E-state index contributed by atoms with van der Waals surface area (Å²) in [7, 11) is 0. The van der Waals surface area contributed by atoms with Crippen molar-refractivity contribution >= 4 is 34.3 Å². The summed E-state index contributed by atoms with van der Waals surface area (Å²) in [6, 6.07) is 10.3. The van der Waals surface area contributed by atoms with E-state index in [0.29, 0.717) is 17.3 Å². The zero-order valence-electron chi connectivity index (χ0n) is 14.5. The zero-order chi connectivity index (χ0) is 19.2. The van der Waals surface area contributed by atoms with Crippen LogP contribution in [0.1, 0.15) is 17.4 Å². The maximum absolute atomic E-state index is 12.5.